The molecule has 2 heterocycles. The van der Waals surface area contributed by atoms with E-state index < -0.39 is 0 Å². The predicted molar refractivity (Wildman–Crippen MR) is 71.9 cm³/mol. The number of hydrogen-bond acceptors (Lipinski definition) is 2. The summed E-state index contributed by atoms with van der Waals surface area (Å²) in [4.78, 5) is 13.8. The predicted octanol–water partition coefficient (Wildman–Crippen LogP) is 2.34. The van der Waals surface area contributed by atoms with Gasteiger partial charge >= 0.3 is 6.09 Å². The summed E-state index contributed by atoms with van der Waals surface area (Å²) in [5.74, 6) is 0.216. The van der Waals surface area contributed by atoms with Crippen LogP contribution in [0, 0.1) is 0 Å². The highest BCUT2D eigenvalue weighted by molar-refractivity contribution is 5.68. The average molecular weight is 259 g/mol. The molecule has 19 heavy (non-hydrogen) atoms. The van der Waals surface area contributed by atoms with Gasteiger partial charge in [0, 0.05) is 25.6 Å². The van der Waals surface area contributed by atoms with Crippen molar-refractivity contribution >= 4 is 6.09 Å². The molecule has 0 saturated carbocycles. The first-order chi connectivity index (χ1) is 9.34. The zero-order valence-electron chi connectivity index (χ0n) is 11.0. The molecular weight excluding hydrogens is 240 g/mol. The molecule has 4 nitrogen and oxygen atoms in total. The smallest absolute Gasteiger partial charge is 0.411 e. The van der Waals surface area contributed by atoms with E-state index in [1.165, 1.54) is 5.56 Å². The van der Waals surface area contributed by atoms with Gasteiger partial charge in [-0.05, 0) is 24.8 Å². The zero-order chi connectivity index (χ0) is 13.1. The Kier molecular flexibility index (Phi) is 3.69. The highest BCUT2D eigenvalue weighted by atomic mass is 16.6. The molecular formula is C15H19N2O2. The average Bonchev–Trinajstić information content (AvgIpc) is 3.11. The molecule has 2 aliphatic rings. The first-order valence-corrected chi connectivity index (χ1v) is 7.02. The number of carbonyl (C=O) groups excluding carboxylic acids is 1. The van der Waals surface area contributed by atoms with Crippen molar-refractivity contribution in [2.45, 2.75) is 31.4 Å². The van der Waals surface area contributed by atoms with Crippen molar-refractivity contribution in [1.29, 1.82) is 0 Å². The molecule has 2 fully saturated rings. The molecule has 1 aromatic rings. The lowest BCUT2D eigenvalue weighted by atomic mass is 9.97. The fourth-order valence-corrected chi connectivity index (χ4v) is 2.84. The Balaban J connectivity index is 1.65. The van der Waals surface area contributed by atoms with Crippen LogP contribution in [0.2, 0.25) is 0 Å². The molecule has 2 saturated heterocycles. The Hall–Kier alpha value is -1.55. The summed E-state index contributed by atoms with van der Waals surface area (Å²) < 4.78 is 5.58. The van der Waals surface area contributed by atoms with E-state index in [2.05, 4.69) is 17.4 Å². The lowest BCUT2D eigenvalue weighted by Gasteiger charge is -2.22. The molecule has 0 spiro atoms. The van der Waals surface area contributed by atoms with Crippen LogP contribution in [0.3, 0.4) is 0 Å². The number of likely N-dealkylation sites (tertiary alicyclic amines) is 1. The van der Waals surface area contributed by atoms with E-state index in [0.29, 0.717) is 0 Å². The first kappa shape index (κ1) is 12.5. The van der Waals surface area contributed by atoms with Crippen LogP contribution in [-0.2, 0) is 4.74 Å². The van der Waals surface area contributed by atoms with Crippen molar-refractivity contribution in [3.8, 4) is 0 Å². The van der Waals surface area contributed by atoms with Crippen LogP contribution >= 0.6 is 0 Å². The van der Waals surface area contributed by atoms with Crippen molar-refractivity contribution < 1.29 is 9.53 Å². The number of hydrogen-bond donors (Lipinski definition) is 0. The van der Waals surface area contributed by atoms with Gasteiger partial charge in [0.15, 0.2) is 6.23 Å². The third kappa shape index (κ3) is 2.73. The maximum atomic E-state index is 12.0. The Labute approximate surface area is 113 Å². The summed E-state index contributed by atoms with van der Waals surface area (Å²) in [5, 5.41) is 4.44. The van der Waals surface area contributed by atoms with Gasteiger partial charge in [-0.25, -0.2) is 4.79 Å². The van der Waals surface area contributed by atoms with E-state index in [0.717, 1.165) is 38.9 Å². The van der Waals surface area contributed by atoms with Gasteiger partial charge in [-0.3, -0.25) is 0 Å². The molecule has 3 rings (SSSR count). The van der Waals surface area contributed by atoms with Crippen molar-refractivity contribution in [1.82, 2.24) is 10.2 Å². The maximum absolute atomic E-state index is 12.0. The van der Waals surface area contributed by atoms with Crippen LogP contribution in [0.4, 0.5) is 4.79 Å². The number of amides is 1. The summed E-state index contributed by atoms with van der Waals surface area (Å²) >= 11 is 0. The molecule has 1 amide bonds. The van der Waals surface area contributed by atoms with Gasteiger partial charge < -0.3 is 9.64 Å². The SMILES string of the molecule is O=C(O[C@@H]1[N]CC[C@@H]1c1ccccc1)N1CCCC1. The summed E-state index contributed by atoms with van der Waals surface area (Å²) in [5.41, 5.74) is 1.21. The van der Waals surface area contributed by atoms with E-state index in [4.69, 9.17) is 4.74 Å². The van der Waals surface area contributed by atoms with Gasteiger partial charge in [0.1, 0.15) is 0 Å². The minimum Gasteiger partial charge on any atom is -0.428 e. The van der Waals surface area contributed by atoms with Crippen LogP contribution in [0.5, 0.6) is 0 Å². The van der Waals surface area contributed by atoms with E-state index in [1.54, 1.807) is 4.90 Å². The highest BCUT2D eigenvalue weighted by Crippen LogP contribution is 2.29. The lowest BCUT2D eigenvalue weighted by Crippen LogP contribution is -2.35. The topological polar surface area (TPSA) is 43.6 Å². The quantitative estimate of drug-likeness (QED) is 0.818. The lowest BCUT2D eigenvalue weighted by molar-refractivity contribution is 0.0523. The molecule has 0 aliphatic carbocycles. The van der Waals surface area contributed by atoms with Crippen LogP contribution in [0.15, 0.2) is 30.3 Å². The first-order valence-electron chi connectivity index (χ1n) is 7.02. The van der Waals surface area contributed by atoms with Gasteiger partial charge in [-0.2, -0.15) is 5.32 Å². The van der Waals surface area contributed by atoms with E-state index in [9.17, 15) is 4.79 Å². The number of rotatable bonds is 2. The molecule has 4 heteroatoms. The van der Waals surface area contributed by atoms with Gasteiger partial charge in [0.2, 0.25) is 0 Å². The number of nitrogens with zero attached hydrogens (tertiary/aromatic N) is 2. The van der Waals surface area contributed by atoms with Gasteiger partial charge in [-0.1, -0.05) is 30.3 Å². The Morgan fingerprint density at radius 3 is 2.68 bits per heavy atom. The summed E-state index contributed by atoms with van der Waals surface area (Å²) in [7, 11) is 0. The third-order valence-corrected chi connectivity index (χ3v) is 3.91. The van der Waals surface area contributed by atoms with Crippen molar-refractivity contribution in [3.05, 3.63) is 35.9 Å². The second-order valence-electron chi connectivity index (χ2n) is 5.18. The molecule has 2 aliphatic heterocycles. The minimum atomic E-state index is -0.310. The van der Waals surface area contributed by atoms with E-state index in [1.807, 2.05) is 18.2 Å². The largest absolute Gasteiger partial charge is 0.428 e. The molecule has 1 aromatic carbocycles. The van der Waals surface area contributed by atoms with Crippen LogP contribution in [-0.4, -0.2) is 36.9 Å². The molecule has 0 aromatic heterocycles. The molecule has 101 valence electrons. The third-order valence-electron chi connectivity index (χ3n) is 3.91. The second kappa shape index (κ2) is 5.61. The fraction of sp³-hybridized carbons (Fsp3) is 0.533. The molecule has 2 atom stereocenters. The summed E-state index contributed by atoms with van der Waals surface area (Å²) in [6.45, 7) is 2.42. The summed E-state index contributed by atoms with van der Waals surface area (Å²) in [6, 6.07) is 10.2. The standard InChI is InChI=1S/C15H19N2O2/c18-15(17-10-4-5-11-17)19-14-13(8-9-16-14)12-6-2-1-3-7-12/h1-3,6-7,13-14H,4-5,8-11H2/t13-,14+/m1/s1. The van der Waals surface area contributed by atoms with Crippen molar-refractivity contribution in [2.75, 3.05) is 19.6 Å². The van der Waals surface area contributed by atoms with Crippen molar-refractivity contribution in [3.63, 3.8) is 0 Å². The molecule has 1 radical (unpaired) electrons. The van der Waals surface area contributed by atoms with Gasteiger partial charge in [-0.15, -0.1) is 0 Å². The number of benzene rings is 1. The Bertz CT molecular complexity index is 429. The monoisotopic (exact) mass is 259 g/mol. The normalized spacial score (nSPS) is 26.6. The highest BCUT2D eigenvalue weighted by Gasteiger charge is 2.34. The van der Waals surface area contributed by atoms with E-state index in [-0.39, 0.29) is 18.2 Å². The zero-order valence-corrected chi connectivity index (χ0v) is 11.0. The van der Waals surface area contributed by atoms with E-state index >= 15 is 0 Å². The second-order valence-corrected chi connectivity index (χ2v) is 5.18. The Morgan fingerprint density at radius 2 is 1.95 bits per heavy atom. The van der Waals surface area contributed by atoms with Crippen molar-refractivity contribution in [2.24, 2.45) is 0 Å². The van der Waals surface area contributed by atoms with Gasteiger partial charge in [0.05, 0.1) is 0 Å². The van der Waals surface area contributed by atoms with Crippen LogP contribution in [0.1, 0.15) is 30.7 Å². The molecule has 0 bridgehead atoms. The molecule has 0 N–H and O–H groups in total. The van der Waals surface area contributed by atoms with Crippen LogP contribution < -0.4 is 5.32 Å². The number of ether oxygens (including phenoxy) is 1. The van der Waals surface area contributed by atoms with Gasteiger partial charge in [0.25, 0.3) is 0 Å². The molecule has 0 unspecified atom stereocenters. The maximum Gasteiger partial charge on any atom is 0.411 e. The Morgan fingerprint density at radius 1 is 1.21 bits per heavy atom. The minimum absolute atomic E-state index is 0.200. The number of carbonyl (C=O) groups is 1. The fourth-order valence-electron chi connectivity index (χ4n) is 2.84. The van der Waals surface area contributed by atoms with Crippen LogP contribution in [0.25, 0.3) is 0 Å². The summed E-state index contributed by atoms with van der Waals surface area (Å²) in [6.07, 6.45) is 2.62.